The lowest BCUT2D eigenvalue weighted by atomic mass is 10.0. The number of anilines is 2. The second-order valence-corrected chi connectivity index (χ2v) is 5.18. The van der Waals surface area contributed by atoms with E-state index in [9.17, 15) is 0 Å². The van der Waals surface area contributed by atoms with E-state index in [1.807, 2.05) is 12.1 Å². The fourth-order valence-electron chi connectivity index (χ4n) is 1.59. The molecule has 0 amide bonds. The topological polar surface area (TPSA) is 52.0 Å². The second kappa shape index (κ2) is 5.27. The lowest BCUT2D eigenvalue weighted by molar-refractivity contribution is 1.14. The highest BCUT2D eigenvalue weighted by atomic mass is 35.5. The molecule has 18 heavy (non-hydrogen) atoms. The van der Waals surface area contributed by atoms with Crippen molar-refractivity contribution in [3.05, 3.63) is 57.6 Å². The van der Waals surface area contributed by atoms with Crippen LogP contribution in [0.1, 0.15) is 16.5 Å². The van der Waals surface area contributed by atoms with Crippen molar-refractivity contribution in [3.63, 3.8) is 0 Å². The minimum atomic E-state index is -0.346. The van der Waals surface area contributed by atoms with Gasteiger partial charge in [0, 0.05) is 0 Å². The third-order valence-electron chi connectivity index (χ3n) is 2.63. The van der Waals surface area contributed by atoms with Gasteiger partial charge in [-0.15, -0.1) is 11.6 Å². The molecule has 0 aliphatic carbocycles. The Kier molecular flexibility index (Phi) is 3.91. The third-order valence-corrected chi connectivity index (χ3v) is 3.79. The summed E-state index contributed by atoms with van der Waals surface area (Å²) in [4.78, 5) is 0. The normalized spacial score (nSPS) is 10.9. The van der Waals surface area contributed by atoms with Crippen LogP contribution in [0.3, 0.4) is 0 Å². The summed E-state index contributed by atoms with van der Waals surface area (Å²) in [5.41, 5.74) is 14.1. The van der Waals surface area contributed by atoms with Gasteiger partial charge in [0.25, 0.3) is 0 Å². The van der Waals surface area contributed by atoms with E-state index in [1.165, 1.54) is 0 Å². The largest absolute Gasteiger partial charge is 0.398 e. The second-order valence-electron chi connectivity index (χ2n) is 3.92. The number of hydrogen-bond donors (Lipinski definition) is 2. The van der Waals surface area contributed by atoms with Gasteiger partial charge in [-0.1, -0.05) is 35.3 Å². The van der Waals surface area contributed by atoms with Crippen LogP contribution in [0.5, 0.6) is 0 Å². The summed E-state index contributed by atoms with van der Waals surface area (Å²) in [6.07, 6.45) is 0. The van der Waals surface area contributed by atoms with Crippen LogP contribution in [0.15, 0.2) is 36.4 Å². The predicted molar refractivity (Wildman–Crippen MR) is 79.4 cm³/mol. The van der Waals surface area contributed by atoms with Crippen LogP contribution in [-0.4, -0.2) is 0 Å². The van der Waals surface area contributed by atoms with E-state index in [0.29, 0.717) is 21.4 Å². The first-order valence-electron chi connectivity index (χ1n) is 5.23. The summed E-state index contributed by atoms with van der Waals surface area (Å²) >= 11 is 18.3. The number of hydrogen-bond acceptors (Lipinski definition) is 2. The first kappa shape index (κ1) is 13.3. The maximum absolute atomic E-state index is 6.38. The Balaban J connectivity index is 2.37. The van der Waals surface area contributed by atoms with Gasteiger partial charge in [0.05, 0.1) is 26.8 Å². The average molecular weight is 302 g/mol. The fourth-order valence-corrected chi connectivity index (χ4v) is 2.24. The van der Waals surface area contributed by atoms with Crippen molar-refractivity contribution in [2.24, 2.45) is 0 Å². The van der Waals surface area contributed by atoms with Gasteiger partial charge in [-0.05, 0) is 35.4 Å². The molecular formula is C13H11Cl3N2. The zero-order valence-electron chi connectivity index (χ0n) is 9.33. The molecule has 0 fully saturated rings. The molecule has 0 aliphatic rings. The van der Waals surface area contributed by atoms with E-state index in [1.54, 1.807) is 24.3 Å². The van der Waals surface area contributed by atoms with Gasteiger partial charge >= 0.3 is 0 Å². The molecule has 2 rings (SSSR count). The van der Waals surface area contributed by atoms with Crippen molar-refractivity contribution < 1.29 is 0 Å². The maximum Gasteiger partial charge on any atom is 0.0836 e. The Labute approximate surface area is 120 Å². The van der Waals surface area contributed by atoms with Gasteiger partial charge < -0.3 is 11.5 Å². The summed E-state index contributed by atoms with van der Waals surface area (Å²) in [6.45, 7) is 0. The van der Waals surface area contributed by atoms with E-state index >= 15 is 0 Å². The number of nitrogen functional groups attached to an aromatic ring is 2. The van der Waals surface area contributed by atoms with Crippen molar-refractivity contribution in [3.8, 4) is 0 Å². The van der Waals surface area contributed by atoms with E-state index in [-0.39, 0.29) is 5.38 Å². The quantitative estimate of drug-likeness (QED) is 0.634. The summed E-state index contributed by atoms with van der Waals surface area (Å²) in [7, 11) is 0. The van der Waals surface area contributed by atoms with Crippen molar-refractivity contribution >= 4 is 46.2 Å². The predicted octanol–water partition coefficient (Wildman–Crippen LogP) is 4.49. The lowest BCUT2D eigenvalue weighted by Gasteiger charge is -2.12. The maximum atomic E-state index is 6.38. The number of benzene rings is 2. The van der Waals surface area contributed by atoms with Crippen LogP contribution in [-0.2, 0) is 0 Å². The molecule has 2 aromatic rings. The van der Waals surface area contributed by atoms with Crippen LogP contribution in [0.2, 0.25) is 10.0 Å². The molecule has 0 unspecified atom stereocenters. The van der Waals surface area contributed by atoms with Gasteiger partial charge in [-0.3, -0.25) is 0 Å². The van der Waals surface area contributed by atoms with Gasteiger partial charge in [-0.2, -0.15) is 0 Å². The van der Waals surface area contributed by atoms with E-state index in [0.717, 1.165) is 11.1 Å². The molecule has 0 atom stereocenters. The number of alkyl halides is 1. The Bertz CT molecular complexity index is 533. The van der Waals surface area contributed by atoms with Gasteiger partial charge in [-0.25, -0.2) is 0 Å². The first-order chi connectivity index (χ1) is 8.49. The van der Waals surface area contributed by atoms with E-state index in [4.69, 9.17) is 46.3 Å². The SMILES string of the molecule is Nc1ccc(C(Cl)c2ccc(N)c(Cl)c2)cc1Cl. The van der Waals surface area contributed by atoms with Crippen molar-refractivity contribution in [2.75, 3.05) is 11.5 Å². The molecule has 4 N–H and O–H groups in total. The minimum Gasteiger partial charge on any atom is -0.398 e. The first-order valence-corrected chi connectivity index (χ1v) is 6.42. The zero-order valence-corrected chi connectivity index (χ0v) is 11.6. The van der Waals surface area contributed by atoms with Crippen molar-refractivity contribution in [1.82, 2.24) is 0 Å². The zero-order chi connectivity index (χ0) is 13.3. The monoisotopic (exact) mass is 300 g/mol. The Hall–Kier alpha value is -1.09. The third kappa shape index (κ3) is 2.66. The van der Waals surface area contributed by atoms with Crippen LogP contribution in [0.25, 0.3) is 0 Å². The molecule has 0 radical (unpaired) electrons. The molecule has 0 aliphatic heterocycles. The molecule has 2 nitrogen and oxygen atoms in total. The Morgan fingerprint density at radius 3 is 1.50 bits per heavy atom. The van der Waals surface area contributed by atoms with Gasteiger partial charge in [0.15, 0.2) is 0 Å². The number of halogens is 3. The molecule has 2 aromatic carbocycles. The average Bonchev–Trinajstić information content (AvgIpc) is 2.35. The molecule has 0 aromatic heterocycles. The smallest absolute Gasteiger partial charge is 0.0836 e. The van der Waals surface area contributed by atoms with Crippen molar-refractivity contribution in [2.45, 2.75) is 5.38 Å². The molecule has 94 valence electrons. The van der Waals surface area contributed by atoms with Crippen LogP contribution in [0.4, 0.5) is 11.4 Å². The minimum absolute atomic E-state index is 0.346. The van der Waals surface area contributed by atoms with Gasteiger partial charge in [0.2, 0.25) is 0 Å². The summed E-state index contributed by atoms with van der Waals surface area (Å²) in [6, 6.07) is 10.6. The molecule has 0 bridgehead atoms. The van der Waals surface area contributed by atoms with Crippen LogP contribution >= 0.6 is 34.8 Å². The van der Waals surface area contributed by atoms with E-state index < -0.39 is 0 Å². The highest BCUT2D eigenvalue weighted by molar-refractivity contribution is 6.34. The Morgan fingerprint density at radius 1 is 0.778 bits per heavy atom. The van der Waals surface area contributed by atoms with E-state index in [2.05, 4.69) is 0 Å². The summed E-state index contributed by atoms with van der Waals surface area (Å²) in [5, 5.41) is 0.626. The lowest BCUT2D eigenvalue weighted by Crippen LogP contribution is -1.96. The van der Waals surface area contributed by atoms with Crippen molar-refractivity contribution in [1.29, 1.82) is 0 Å². The molecular weight excluding hydrogens is 291 g/mol. The number of rotatable bonds is 2. The fraction of sp³-hybridized carbons (Fsp3) is 0.0769. The summed E-state index contributed by atoms with van der Waals surface area (Å²) < 4.78 is 0. The number of nitrogens with two attached hydrogens (primary N) is 2. The van der Waals surface area contributed by atoms with Crippen LogP contribution < -0.4 is 11.5 Å². The van der Waals surface area contributed by atoms with Crippen LogP contribution in [0, 0.1) is 0 Å². The highest BCUT2D eigenvalue weighted by Gasteiger charge is 2.13. The molecule has 5 heteroatoms. The Morgan fingerprint density at radius 2 is 1.17 bits per heavy atom. The highest BCUT2D eigenvalue weighted by Crippen LogP contribution is 2.34. The molecule has 0 heterocycles. The summed E-state index contributed by atoms with van der Waals surface area (Å²) in [5.74, 6) is 0. The molecule has 0 saturated heterocycles. The molecule has 0 saturated carbocycles. The van der Waals surface area contributed by atoms with Gasteiger partial charge in [0.1, 0.15) is 0 Å². The molecule has 0 spiro atoms. The standard InChI is InChI=1S/C13H11Cl3N2/c14-9-5-7(1-3-11(9)17)13(16)8-2-4-12(18)10(15)6-8/h1-6,13H,17-18H2.